The zero-order chi connectivity index (χ0) is 86.7. The monoisotopic (exact) mass is 1750 g/mol. The van der Waals surface area contributed by atoms with Gasteiger partial charge >= 0.3 is 18.1 Å². The van der Waals surface area contributed by atoms with Gasteiger partial charge in [0.15, 0.2) is 90.6 Å². The summed E-state index contributed by atoms with van der Waals surface area (Å²) in [5.74, 6) is -3.77. The molecule has 1 aromatic carbocycles. The first-order valence-electron chi connectivity index (χ1n) is 39.2. The predicted octanol–water partition coefficient (Wildman–Crippen LogP) is 6.71. The molecular weight excluding hydrogens is 1620 g/mol. The van der Waals surface area contributed by atoms with Crippen molar-refractivity contribution in [2.45, 2.75) is 365 Å². The molecule has 0 saturated carbocycles. The molecule has 0 radical (unpaired) electrons. The molecule has 1 aromatic rings. The normalized spacial score (nSPS) is 37.7. The van der Waals surface area contributed by atoms with Gasteiger partial charge in [-0.15, -0.1) is 0 Å². The third-order valence-corrected chi connectivity index (χ3v) is 21.3. The van der Waals surface area contributed by atoms with E-state index >= 15 is 0 Å². The lowest BCUT2D eigenvalue weighted by atomic mass is 9.93. The molecule has 13 aliphatic heterocycles. The zero-order valence-electron chi connectivity index (χ0n) is 70.4. The van der Waals surface area contributed by atoms with Gasteiger partial charge in [0.1, 0.15) is 73.2 Å². The molecule has 35 nitrogen and oxygen atoms in total. The highest BCUT2D eigenvalue weighted by molar-refractivity contribution is 9.08. The van der Waals surface area contributed by atoms with Crippen LogP contribution >= 0.6 is 23.1 Å². The maximum absolute atomic E-state index is 11.6. The van der Waals surface area contributed by atoms with Gasteiger partial charge in [0.2, 0.25) is 0 Å². The van der Waals surface area contributed by atoms with Gasteiger partial charge in [-0.1, -0.05) is 95.2 Å². The van der Waals surface area contributed by atoms with Crippen molar-refractivity contribution in [2.75, 3.05) is 53.5 Å². The van der Waals surface area contributed by atoms with Crippen LogP contribution in [0.2, 0.25) is 0 Å². The van der Waals surface area contributed by atoms with Crippen LogP contribution in [0.3, 0.4) is 0 Å². The Balaban J connectivity index is 0.000000341. The molecule has 0 amide bonds. The Bertz CT molecular complexity index is 3190. The maximum Gasteiger partial charge on any atom is 0.373 e. The van der Waals surface area contributed by atoms with Gasteiger partial charge in [-0.3, -0.25) is 9.59 Å². The average Bonchev–Trinajstić information content (AvgIpc) is 1.60. The fourth-order valence-electron chi connectivity index (χ4n) is 14.4. The Kier molecular flexibility index (Phi) is 41.9. The molecule has 0 aliphatic carbocycles. The first-order chi connectivity index (χ1) is 53.7. The van der Waals surface area contributed by atoms with Crippen LogP contribution in [0.25, 0.3) is 0 Å². The third kappa shape index (κ3) is 29.9. The minimum Gasteiger partial charge on any atom is -0.469 e. The quantitative estimate of drug-likeness (QED) is 0.0415. The Hall–Kier alpha value is -3.42. The van der Waals surface area contributed by atoms with E-state index in [1.807, 2.05) is 94.4 Å². The molecule has 26 atom stereocenters. The number of alkyl halides is 1. The Morgan fingerprint density at radius 3 is 1.22 bits per heavy atom. The minimum atomic E-state index is -2.21. The molecule has 0 bridgehead atoms. The second-order valence-corrected chi connectivity index (χ2v) is 36.0. The van der Waals surface area contributed by atoms with Crippen LogP contribution in [0.1, 0.15) is 184 Å². The Labute approximate surface area is 692 Å². The molecule has 6 unspecified atom stereocenters. The molecule has 674 valence electrons. The summed E-state index contributed by atoms with van der Waals surface area (Å²) in [5.41, 5.74) is 2.13. The third-order valence-electron chi connectivity index (χ3n) is 19.6. The number of carbonyl (C=O) groups excluding carboxylic acids is 5. The number of halogens is 1. The molecule has 13 saturated heterocycles. The highest BCUT2D eigenvalue weighted by Crippen LogP contribution is 2.47. The van der Waals surface area contributed by atoms with Gasteiger partial charge in [-0.25, -0.2) is 4.79 Å². The highest BCUT2D eigenvalue weighted by Gasteiger charge is 2.59. The number of carbonyl (C=O) groups is 3. The van der Waals surface area contributed by atoms with Crippen molar-refractivity contribution in [3.05, 3.63) is 47.5 Å². The maximum atomic E-state index is 11.6. The van der Waals surface area contributed by atoms with Crippen LogP contribution in [0.15, 0.2) is 42.0 Å². The van der Waals surface area contributed by atoms with Crippen LogP contribution in [0.5, 0.6) is 0 Å². The van der Waals surface area contributed by atoms with Crippen LogP contribution in [0.4, 0.5) is 0 Å². The first-order valence-corrected chi connectivity index (χ1v) is 43.1. The summed E-state index contributed by atoms with van der Waals surface area (Å²) in [6, 6.07) is 10.3. The fraction of sp³-hybridized carbons (Fsp3) is 0.848. The summed E-state index contributed by atoms with van der Waals surface area (Å²) in [5, 5.41) is 73.1. The minimum absolute atomic E-state index is 0. The van der Waals surface area contributed by atoms with E-state index in [4.69, 9.17) is 125 Å². The van der Waals surface area contributed by atoms with Crippen molar-refractivity contribution in [2.24, 2.45) is 11.8 Å². The molecule has 37 heteroatoms. The average molecular weight is 1760 g/mol. The SMILES string of the molecule is BrCc1ccccc1.C.CC1(C)O[C@H]2O[C@H](CO)C(O)[C@@H]2O1.CCC1[C@@H](CC)O[C@@H]2OC(C)(C)O[C@@H]12.CC[C@H]1O[C@@H]2OC(C)(C)O[C@H]2/C1=C\C(=O)OC.CC[C@H]1O[C@@H]2OC(C)(C)O[C@H]2C1=O.CC[C@H]1O[C@@H]2OC(C)(C)O[C@H]2C1CCO.CC[C@H]1O[C@@H]2OC(C)(C)O[C@H]2C1O.COC(=O)CP(C)(C)=O.O=C=O.OC[C@H]1OC(O)[C@@H](O)C1O.[HH]. The summed E-state index contributed by atoms with van der Waals surface area (Å²) in [6.45, 7) is 37.0. The number of aliphatic hydroxyl groups excluding tert-OH is 8. The molecule has 116 heavy (non-hydrogen) atoms. The van der Waals surface area contributed by atoms with Crippen LogP contribution < -0.4 is 0 Å². The molecule has 8 N–H and O–H groups in total. The molecule has 0 aromatic heterocycles. The number of methoxy groups -OCH3 is 2. The van der Waals surface area contributed by atoms with Crippen LogP contribution in [-0.4, -0.2) is 301 Å². The number of hydrogen-bond donors (Lipinski definition) is 8. The molecule has 0 spiro atoms. The van der Waals surface area contributed by atoms with Crippen molar-refractivity contribution < 1.29 is 170 Å². The standard InChI is InChI=1S/C12H18O5.C11H20O4.C11H20O3.C9H16O4.C9H14O4.C8H14O5.C7H7Br.C5H10O5.C5H11O3P.CO2.CH4.H2/c1-5-8-7(6-9(13)14-4)10-11(15-8)17-12(2,3)16-10;1-4-8-7(5-6-12)9-10(13-8)15-11(2,3)14-9;1-5-7-8(6-2)12-10-9(7)13-11(3,4)14-10;2*1-4-5-6(10)7-8(11-5)13-9(2,3)12-7;1-8(2)12-6-5(10)4(3-9)11-7(6)13-8;8-6-7-4-2-1-3-5-7;6-1-2-3(7)4(8)5(9)10-2;1-8-5(6)4-9(2,3)7;2-1-3;;/h6,8,10-11H,5H2,1-4H3;7-10,12H,4-6H2,1-3H3;7-10H,5-6H2,1-4H3;5-8,10H,4H2,1-3H3;5,7-8H,4H2,1-3H3;4-7,9-10H,3H2,1-2H3;1-5H,6H2;2-9H,1H2;4H2,1-3H3;;1H4;1H/b7-6-;;;;;;;;;;;/t8-,10+,11-;2*7?,8-,9+,10-;5-,6?,7+,8-;5-,7+,8-;4-,5?,6+,7-;;2-,3?,4+,5?;;;;/m111111.1..../s1. The molecule has 13 heterocycles. The lowest BCUT2D eigenvalue weighted by Gasteiger charge is -2.24. The molecule has 13 fully saturated rings. The van der Waals surface area contributed by atoms with E-state index in [0.717, 1.165) is 49.4 Å². The van der Waals surface area contributed by atoms with E-state index < -0.39 is 141 Å². The Morgan fingerprint density at radius 1 is 0.483 bits per heavy atom. The van der Waals surface area contributed by atoms with Crippen molar-refractivity contribution >= 4 is 46.9 Å². The molecule has 13 aliphatic rings. The summed E-state index contributed by atoms with van der Waals surface area (Å²) in [7, 11) is 0.428. The number of fused-ring (bicyclic) bond motifs is 6. The number of benzene rings is 1. The smallest absolute Gasteiger partial charge is 0.373 e. The number of rotatable bonds is 14. The largest absolute Gasteiger partial charge is 0.469 e. The first kappa shape index (κ1) is 105. The number of aliphatic hydroxyl groups is 8. The van der Waals surface area contributed by atoms with Crippen molar-refractivity contribution in [1.82, 2.24) is 0 Å². The Morgan fingerprint density at radius 2 is 0.862 bits per heavy atom. The van der Waals surface area contributed by atoms with E-state index in [1.54, 1.807) is 41.0 Å². The van der Waals surface area contributed by atoms with Crippen molar-refractivity contribution in [3.8, 4) is 0 Å². The van der Waals surface area contributed by atoms with Crippen molar-refractivity contribution in [3.63, 3.8) is 0 Å². The van der Waals surface area contributed by atoms with Gasteiger partial charge in [0.25, 0.3) is 0 Å². The summed E-state index contributed by atoms with van der Waals surface area (Å²) >= 11 is 3.36. The summed E-state index contributed by atoms with van der Waals surface area (Å²) < 4.78 is 125. The molecular formula is C79H136BrO35P. The number of ether oxygens (including phenoxy) is 21. The number of esters is 2. The number of hydrogen-bond acceptors (Lipinski definition) is 35. The predicted molar refractivity (Wildman–Crippen MR) is 416 cm³/mol. The molecule has 14 rings (SSSR count). The van der Waals surface area contributed by atoms with Gasteiger partial charge in [0, 0.05) is 31.3 Å². The topological polar surface area (TPSA) is 458 Å². The number of Topliss-reactive ketones (excluding diaryl/α,β-unsaturated/α-hetero) is 1. The van der Waals surface area contributed by atoms with Crippen molar-refractivity contribution in [1.29, 1.82) is 0 Å². The van der Waals surface area contributed by atoms with Gasteiger partial charge in [0.05, 0.1) is 65.2 Å². The van der Waals surface area contributed by atoms with E-state index in [1.165, 1.54) is 25.9 Å². The van der Waals surface area contributed by atoms with Crippen LogP contribution in [-0.2, 0) is 133 Å². The fourth-order valence-corrected chi connectivity index (χ4v) is 15.5. The van der Waals surface area contributed by atoms with E-state index in [0.29, 0.717) is 18.4 Å². The van der Waals surface area contributed by atoms with Crippen LogP contribution in [0, 0.1) is 11.8 Å². The van der Waals surface area contributed by atoms with E-state index in [2.05, 4.69) is 63.0 Å². The lowest BCUT2D eigenvalue weighted by Crippen LogP contribution is -2.36. The summed E-state index contributed by atoms with van der Waals surface area (Å²) in [4.78, 5) is 49.6. The summed E-state index contributed by atoms with van der Waals surface area (Å²) in [6.07, 6.45) is -2.87. The zero-order valence-corrected chi connectivity index (χ0v) is 72.9. The van der Waals surface area contributed by atoms with Gasteiger partial charge in [-0.2, -0.15) is 9.59 Å². The van der Waals surface area contributed by atoms with E-state index in [-0.39, 0.29) is 107 Å². The highest BCUT2D eigenvalue weighted by atomic mass is 79.9. The number of ketones is 1. The second-order valence-electron chi connectivity index (χ2n) is 31.9. The van der Waals surface area contributed by atoms with Gasteiger partial charge < -0.3 is 145 Å². The van der Waals surface area contributed by atoms with Gasteiger partial charge in [-0.05, 0) is 152 Å². The second kappa shape index (κ2) is 46.3. The van der Waals surface area contributed by atoms with E-state index in [9.17, 15) is 29.2 Å². The lowest BCUT2D eigenvalue weighted by molar-refractivity contribution is -0.218.